The summed E-state index contributed by atoms with van der Waals surface area (Å²) in [4.78, 5) is 44.1. The van der Waals surface area contributed by atoms with E-state index in [0.717, 1.165) is 27.1 Å². The third-order valence-corrected chi connectivity index (χ3v) is 6.95. The van der Waals surface area contributed by atoms with Crippen LogP contribution in [0.2, 0.25) is 0 Å². The lowest BCUT2D eigenvalue weighted by Crippen LogP contribution is -2.52. The molecule has 35 heavy (non-hydrogen) atoms. The predicted octanol–water partition coefficient (Wildman–Crippen LogP) is 2.96. The molecule has 0 spiro atoms. The molecule has 3 aromatic rings. The molecule has 2 aliphatic rings. The van der Waals surface area contributed by atoms with Gasteiger partial charge in [-0.25, -0.2) is 4.79 Å². The summed E-state index contributed by atoms with van der Waals surface area (Å²) in [7, 11) is 1.64. The van der Waals surface area contributed by atoms with Crippen LogP contribution < -0.4 is 15.0 Å². The van der Waals surface area contributed by atoms with E-state index in [-0.39, 0.29) is 12.5 Å². The first-order valence-electron chi connectivity index (χ1n) is 11.7. The summed E-state index contributed by atoms with van der Waals surface area (Å²) in [5, 5.41) is 4.84. The predicted molar refractivity (Wildman–Crippen MR) is 133 cm³/mol. The van der Waals surface area contributed by atoms with Gasteiger partial charge in [0.25, 0.3) is 5.91 Å². The summed E-state index contributed by atoms with van der Waals surface area (Å²) in [6.45, 7) is 3.70. The first-order chi connectivity index (χ1) is 16.9. The van der Waals surface area contributed by atoms with Crippen molar-refractivity contribution in [3.63, 3.8) is 0 Å². The molecule has 0 aromatic heterocycles. The van der Waals surface area contributed by atoms with Crippen LogP contribution in [0.3, 0.4) is 0 Å². The number of hydrogen-bond acceptors (Lipinski definition) is 5. The summed E-state index contributed by atoms with van der Waals surface area (Å²) in [6.07, 6.45) is 0. The Morgan fingerprint density at radius 1 is 0.943 bits per heavy atom. The highest BCUT2D eigenvalue weighted by atomic mass is 16.5. The number of benzene rings is 3. The molecule has 5 rings (SSSR count). The van der Waals surface area contributed by atoms with E-state index in [9.17, 15) is 14.4 Å². The van der Waals surface area contributed by atoms with Crippen molar-refractivity contribution in [1.29, 1.82) is 0 Å². The van der Waals surface area contributed by atoms with Crippen LogP contribution >= 0.6 is 0 Å². The Balaban J connectivity index is 1.26. The van der Waals surface area contributed by atoms with Gasteiger partial charge in [0.05, 0.1) is 12.8 Å². The number of ether oxygens (including phenoxy) is 1. The number of hydrogen-bond donors (Lipinski definition) is 1. The lowest BCUT2D eigenvalue weighted by molar-refractivity contribution is -0.139. The van der Waals surface area contributed by atoms with E-state index >= 15 is 0 Å². The fraction of sp³-hybridized carbons (Fsp3) is 0.296. The highest BCUT2D eigenvalue weighted by Gasteiger charge is 2.49. The van der Waals surface area contributed by atoms with Gasteiger partial charge < -0.3 is 19.9 Å². The third kappa shape index (κ3) is 4.05. The van der Waals surface area contributed by atoms with Gasteiger partial charge in [-0.15, -0.1) is 0 Å². The number of rotatable bonds is 5. The average molecular weight is 473 g/mol. The molecule has 8 heteroatoms. The summed E-state index contributed by atoms with van der Waals surface area (Å²) < 4.78 is 5.45. The van der Waals surface area contributed by atoms with Crippen LogP contribution in [0.1, 0.15) is 12.5 Å². The highest BCUT2D eigenvalue weighted by molar-refractivity contribution is 6.09. The number of imide groups is 1. The number of anilines is 1. The SMILES string of the molecule is COc1ccccc1N1CCN(C(=O)CN2C(=O)NC(C)(c3ccc4ccccc4c3)C2=O)CC1. The van der Waals surface area contributed by atoms with Crippen LogP contribution in [0.5, 0.6) is 5.75 Å². The molecular formula is C27H28N4O4. The molecule has 3 aromatic carbocycles. The van der Waals surface area contributed by atoms with Crippen molar-refractivity contribution in [2.24, 2.45) is 0 Å². The van der Waals surface area contributed by atoms with Gasteiger partial charge in [-0.2, -0.15) is 0 Å². The zero-order valence-electron chi connectivity index (χ0n) is 19.9. The fourth-order valence-electron chi connectivity index (χ4n) is 4.86. The Hall–Kier alpha value is -4.07. The van der Waals surface area contributed by atoms with E-state index in [1.54, 1.807) is 18.9 Å². The summed E-state index contributed by atoms with van der Waals surface area (Å²) in [5.41, 5.74) is 0.460. The van der Waals surface area contributed by atoms with Crippen LogP contribution in [0.4, 0.5) is 10.5 Å². The number of nitrogens with zero attached hydrogens (tertiary/aromatic N) is 3. The number of piperazine rings is 1. The van der Waals surface area contributed by atoms with E-state index in [0.29, 0.717) is 31.7 Å². The van der Waals surface area contributed by atoms with Crippen LogP contribution in [0.25, 0.3) is 10.8 Å². The number of carbonyl (C=O) groups excluding carboxylic acids is 3. The second-order valence-electron chi connectivity index (χ2n) is 9.05. The quantitative estimate of drug-likeness (QED) is 0.578. The van der Waals surface area contributed by atoms with Gasteiger partial charge in [-0.1, -0.05) is 48.5 Å². The molecule has 2 saturated heterocycles. The van der Waals surface area contributed by atoms with E-state index < -0.39 is 17.5 Å². The van der Waals surface area contributed by atoms with Crippen molar-refractivity contribution in [3.05, 3.63) is 72.3 Å². The molecule has 1 N–H and O–H groups in total. The van der Waals surface area contributed by atoms with Crippen molar-refractivity contribution in [1.82, 2.24) is 15.1 Å². The summed E-state index contributed by atoms with van der Waals surface area (Å²) >= 11 is 0. The first kappa shape index (κ1) is 22.7. The Morgan fingerprint density at radius 3 is 2.37 bits per heavy atom. The maximum absolute atomic E-state index is 13.3. The molecule has 0 aliphatic carbocycles. The number of amides is 4. The Bertz CT molecular complexity index is 1300. The van der Waals surface area contributed by atoms with Gasteiger partial charge in [0, 0.05) is 26.2 Å². The van der Waals surface area contributed by atoms with Crippen LogP contribution in [0, 0.1) is 0 Å². The molecule has 1 unspecified atom stereocenters. The zero-order chi connectivity index (χ0) is 24.6. The van der Waals surface area contributed by atoms with Crippen molar-refractivity contribution in [2.75, 3.05) is 44.7 Å². The molecule has 2 aliphatic heterocycles. The molecule has 0 saturated carbocycles. The summed E-state index contributed by atoms with van der Waals surface area (Å²) in [6, 6.07) is 20.8. The van der Waals surface area contributed by atoms with E-state index in [1.165, 1.54) is 0 Å². The first-order valence-corrected chi connectivity index (χ1v) is 11.7. The van der Waals surface area contributed by atoms with Gasteiger partial charge >= 0.3 is 6.03 Å². The summed E-state index contributed by atoms with van der Waals surface area (Å²) in [5.74, 6) is 0.134. The second-order valence-corrected chi connectivity index (χ2v) is 9.05. The number of para-hydroxylation sites is 2. The number of carbonyl (C=O) groups is 3. The molecule has 0 radical (unpaired) electrons. The molecule has 180 valence electrons. The molecule has 8 nitrogen and oxygen atoms in total. The smallest absolute Gasteiger partial charge is 0.325 e. The number of fused-ring (bicyclic) bond motifs is 1. The van der Waals surface area contributed by atoms with Gasteiger partial charge in [0.1, 0.15) is 17.8 Å². The maximum atomic E-state index is 13.3. The van der Waals surface area contributed by atoms with Crippen molar-refractivity contribution >= 4 is 34.3 Å². The molecule has 1 atom stereocenters. The van der Waals surface area contributed by atoms with E-state index in [4.69, 9.17) is 4.74 Å². The van der Waals surface area contributed by atoms with E-state index in [2.05, 4.69) is 10.2 Å². The number of nitrogens with one attached hydrogen (secondary N) is 1. The normalized spacial score (nSPS) is 20.3. The number of urea groups is 1. The minimum Gasteiger partial charge on any atom is -0.495 e. The minimum atomic E-state index is -1.22. The van der Waals surface area contributed by atoms with Crippen LogP contribution in [-0.4, -0.2) is 67.5 Å². The second kappa shape index (κ2) is 8.94. The Kier molecular flexibility index (Phi) is 5.80. The van der Waals surface area contributed by atoms with Crippen molar-refractivity contribution in [2.45, 2.75) is 12.5 Å². The topological polar surface area (TPSA) is 82.2 Å². The largest absolute Gasteiger partial charge is 0.495 e. The molecule has 2 heterocycles. The monoisotopic (exact) mass is 472 g/mol. The van der Waals surface area contributed by atoms with Crippen molar-refractivity contribution in [3.8, 4) is 5.75 Å². The lowest BCUT2D eigenvalue weighted by atomic mass is 9.90. The molecule has 2 fully saturated rings. The lowest BCUT2D eigenvalue weighted by Gasteiger charge is -2.37. The maximum Gasteiger partial charge on any atom is 0.325 e. The Morgan fingerprint density at radius 2 is 1.63 bits per heavy atom. The number of methoxy groups -OCH3 is 1. The standard InChI is InChI=1S/C27H28N4O4/c1-27(21-12-11-19-7-3-4-8-20(19)17-21)25(33)31(26(34)28-27)18-24(32)30-15-13-29(14-16-30)22-9-5-6-10-23(22)35-2/h3-12,17H,13-16,18H2,1-2H3,(H,28,34). The van der Waals surface area contributed by atoms with Crippen molar-refractivity contribution < 1.29 is 19.1 Å². The average Bonchev–Trinajstić information content (AvgIpc) is 3.12. The van der Waals surface area contributed by atoms with E-state index in [1.807, 2.05) is 66.7 Å². The molecule has 0 bridgehead atoms. The highest BCUT2D eigenvalue weighted by Crippen LogP contribution is 2.31. The van der Waals surface area contributed by atoms with Crippen LogP contribution in [-0.2, 0) is 15.1 Å². The fourth-order valence-corrected chi connectivity index (χ4v) is 4.86. The minimum absolute atomic E-state index is 0.240. The Labute approximate surface area is 204 Å². The molecular weight excluding hydrogens is 444 g/mol. The van der Waals surface area contributed by atoms with Gasteiger partial charge in [-0.3, -0.25) is 14.5 Å². The zero-order valence-corrected chi connectivity index (χ0v) is 19.9. The molecule has 4 amide bonds. The van der Waals surface area contributed by atoms with Gasteiger partial charge in [-0.05, 0) is 41.5 Å². The van der Waals surface area contributed by atoms with Gasteiger partial charge in [0.2, 0.25) is 5.91 Å². The third-order valence-electron chi connectivity index (χ3n) is 6.95. The van der Waals surface area contributed by atoms with Crippen LogP contribution in [0.15, 0.2) is 66.7 Å². The van der Waals surface area contributed by atoms with Gasteiger partial charge in [0.15, 0.2) is 0 Å².